The summed E-state index contributed by atoms with van der Waals surface area (Å²) < 4.78 is 12.4. The second-order valence-corrected chi connectivity index (χ2v) is 7.89. The Kier molecular flexibility index (Phi) is 5.39. The summed E-state index contributed by atoms with van der Waals surface area (Å²) in [5.74, 6) is 0.962. The number of nitrogens with zero attached hydrogens (tertiary/aromatic N) is 2. The molecule has 152 valence electrons. The highest BCUT2D eigenvalue weighted by Crippen LogP contribution is 2.40. The van der Waals surface area contributed by atoms with E-state index in [1.54, 1.807) is 0 Å². The molecule has 2 aliphatic rings. The maximum atomic E-state index is 9.84. The Morgan fingerprint density at radius 3 is 1.45 bits per heavy atom. The molecule has 0 fully saturated rings. The van der Waals surface area contributed by atoms with Gasteiger partial charge in [-0.25, -0.2) is 9.98 Å². The Labute approximate surface area is 170 Å². The highest BCUT2D eigenvalue weighted by atomic mass is 16.5. The lowest BCUT2D eigenvalue weighted by Crippen LogP contribution is -2.34. The largest absolute Gasteiger partial charge is 0.470 e. The fourth-order valence-electron chi connectivity index (χ4n) is 3.74. The number of aliphatic imine (C=N–C) groups is 2. The molecule has 6 nitrogen and oxygen atoms in total. The number of aliphatic hydroxyl groups excluding tert-OH is 2. The molecule has 0 bridgehead atoms. The average molecular weight is 394 g/mol. The summed E-state index contributed by atoms with van der Waals surface area (Å²) in [4.78, 5) is 9.30. The van der Waals surface area contributed by atoms with Gasteiger partial charge in [0.1, 0.15) is 29.7 Å². The molecule has 0 saturated heterocycles. The summed E-state index contributed by atoms with van der Waals surface area (Å²) in [6, 6.07) is 18.8. The maximum Gasteiger partial charge on any atom is 0.199 e. The van der Waals surface area contributed by atoms with Crippen molar-refractivity contribution in [3.8, 4) is 0 Å². The van der Waals surface area contributed by atoms with Crippen molar-refractivity contribution >= 4 is 11.8 Å². The zero-order valence-electron chi connectivity index (χ0n) is 16.6. The number of aliphatic hydroxyl groups is 2. The van der Waals surface area contributed by atoms with Crippen LogP contribution in [0.2, 0.25) is 0 Å². The van der Waals surface area contributed by atoms with E-state index >= 15 is 0 Å². The Hall–Kier alpha value is -2.70. The van der Waals surface area contributed by atoms with Gasteiger partial charge >= 0.3 is 0 Å². The van der Waals surface area contributed by atoms with Gasteiger partial charge in [0.25, 0.3) is 0 Å². The monoisotopic (exact) mass is 394 g/mol. The van der Waals surface area contributed by atoms with Gasteiger partial charge in [-0.05, 0) is 25.0 Å². The van der Waals surface area contributed by atoms with Crippen LogP contribution in [0.5, 0.6) is 0 Å². The number of benzene rings is 2. The molecule has 0 aliphatic carbocycles. The van der Waals surface area contributed by atoms with Crippen molar-refractivity contribution in [2.24, 2.45) is 15.4 Å². The van der Waals surface area contributed by atoms with Crippen LogP contribution in [0.1, 0.15) is 37.2 Å². The lowest BCUT2D eigenvalue weighted by atomic mass is 9.93. The van der Waals surface area contributed by atoms with E-state index in [1.165, 1.54) is 0 Å². The lowest BCUT2D eigenvalue weighted by molar-refractivity contribution is 0.131. The van der Waals surface area contributed by atoms with E-state index in [9.17, 15) is 10.2 Å². The number of ether oxygens (including phenoxy) is 2. The van der Waals surface area contributed by atoms with Crippen LogP contribution in [0.15, 0.2) is 70.6 Å². The molecule has 0 amide bonds. The first-order valence-electron chi connectivity index (χ1n) is 9.86. The highest BCUT2D eigenvalue weighted by Gasteiger charge is 2.46. The molecule has 0 unspecified atom stereocenters. The molecule has 6 heteroatoms. The summed E-state index contributed by atoms with van der Waals surface area (Å²) in [7, 11) is 0. The molecule has 4 atom stereocenters. The SMILES string of the molecule is CC(C)(C1=N[C@H](CO)[C@@H](c2ccccc2)O1)C1=N[C@H](CO)[C@@H](c2ccccc2)O1. The number of hydrogen-bond acceptors (Lipinski definition) is 6. The van der Waals surface area contributed by atoms with Crippen molar-refractivity contribution < 1.29 is 19.7 Å². The molecule has 2 aliphatic heterocycles. The zero-order chi connectivity index (χ0) is 20.4. The van der Waals surface area contributed by atoms with Crippen molar-refractivity contribution in [3.05, 3.63) is 71.8 Å². The molecule has 0 aromatic heterocycles. The summed E-state index contributed by atoms with van der Waals surface area (Å²) in [5, 5.41) is 19.7. The molecular weight excluding hydrogens is 368 g/mol. The van der Waals surface area contributed by atoms with E-state index in [1.807, 2.05) is 74.5 Å². The van der Waals surface area contributed by atoms with Gasteiger partial charge in [-0.2, -0.15) is 0 Å². The van der Waals surface area contributed by atoms with Crippen molar-refractivity contribution in [2.45, 2.75) is 38.1 Å². The lowest BCUT2D eigenvalue weighted by Gasteiger charge is -2.26. The van der Waals surface area contributed by atoms with Crippen LogP contribution in [0.4, 0.5) is 0 Å². The van der Waals surface area contributed by atoms with Crippen molar-refractivity contribution in [2.75, 3.05) is 13.2 Å². The van der Waals surface area contributed by atoms with Gasteiger partial charge in [0, 0.05) is 0 Å². The van der Waals surface area contributed by atoms with Crippen LogP contribution < -0.4 is 0 Å². The fourth-order valence-corrected chi connectivity index (χ4v) is 3.74. The minimum atomic E-state index is -0.728. The number of hydrogen-bond donors (Lipinski definition) is 2. The maximum absolute atomic E-state index is 9.84. The Morgan fingerprint density at radius 1 is 0.724 bits per heavy atom. The predicted octanol–water partition coefficient (Wildman–Crippen LogP) is 3.07. The molecule has 29 heavy (non-hydrogen) atoms. The van der Waals surface area contributed by atoms with Crippen LogP contribution in [-0.4, -0.2) is 47.3 Å². The van der Waals surface area contributed by atoms with E-state index in [0.29, 0.717) is 11.8 Å². The standard InChI is InChI=1S/C23H26N2O4/c1-23(2,21-24-17(13-26)19(28-21)15-9-5-3-6-10-15)22-25-18(14-27)20(29-22)16-11-7-4-8-12-16/h3-12,17-20,26-27H,13-14H2,1-2H3/t17-,18-,19-,20-/m1/s1. The fraction of sp³-hybridized carbons (Fsp3) is 0.391. The third-order valence-electron chi connectivity index (χ3n) is 5.44. The van der Waals surface area contributed by atoms with Gasteiger partial charge in [-0.1, -0.05) is 60.7 Å². The molecule has 0 radical (unpaired) electrons. The van der Waals surface area contributed by atoms with Crippen LogP contribution >= 0.6 is 0 Å². The predicted molar refractivity (Wildman–Crippen MR) is 111 cm³/mol. The zero-order valence-corrected chi connectivity index (χ0v) is 16.6. The van der Waals surface area contributed by atoms with E-state index < -0.39 is 5.41 Å². The van der Waals surface area contributed by atoms with Gasteiger partial charge in [0.15, 0.2) is 11.8 Å². The summed E-state index contributed by atoms with van der Waals surface area (Å²) in [5.41, 5.74) is 1.20. The molecule has 0 spiro atoms. The molecule has 2 aromatic carbocycles. The van der Waals surface area contributed by atoms with Crippen LogP contribution in [0, 0.1) is 5.41 Å². The molecule has 2 aromatic rings. The smallest absolute Gasteiger partial charge is 0.199 e. The van der Waals surface area contributed by atoms with E-state index in [2.05, 4.69) is 9.98 Å². The molecule has 4 rings (SSSR count). The Bertz CT molecular complexity index is 822. The van der Waals surface area contributed by atoms with Crippen LogP contribution in [0.3, 0.4) is 0 Å². The normalized spacial score (nSPS) is 26.5. The van der Waals surface area contributed by atoms with Gasteiger partial charge in [0.2, 0.25) is 0 Å². The minimum absolute atomic E-state index is 0.113. The second-order valence-electron chi connectivity index (χ2n) is 7.89. The first-order valence-corrected chi connectivity index (χ1v) is 9.86. The van der Waals surface area contributed by atoms with Crippen molar-refractivity contribution in [3.63, 3.8) is 0 Å². The van der Waals surface area contributed by atoms with Crippen LogP contribution in [0.25, 0.3) is 0 Å². The first-order chi connectivity index (χ1) is 14.0. The van der Waals surface area contributed by atoms with E-state index in [-0.39, 0.29) is 37.5 Å². The molecule has 2 N–H and O–H groups in total. The molecule has 0 saturated carbocycles. The Morgan fingerprint density at radius 2 is 1.10 bits per heavy atom. The number of rotatable bonds is 6. The van der Waals surface area contributed by atoms with Crippen molar-refractivity contribution in [1.29, 1.82) is 0 Å². The summed E-state index contributed by atoms with van der Waals surface area (Å²) in [6.45, 7) is 3.65. The third kappa shape index (κ3) is 3.66. The summed E-state index contributed by atoms with van der Waals surface area (Å²) >= 11 is 0. The van der Waals surface area contributed by atoms with Crippen LogP contribution in [-0.2, 0) is 9.47 Å². The summed E-state index contributed by atoms with van der Waals surface area (Å²) in [6.07, 6.45) is -0.702. The van der Waals surface area contributed by atoms with Gasteiger partial charge < -0.3 is 19.7 Å². The third-order valence-corrected chi connectivity index (χ3v) is 5.44. The van der Waals surface area contributed by atoms with Gasteiger partial charge in [0.05, 0.1) is 13.2 Å². The minimum Gasteiger partial charge on any atom is -0.470 e. The topological polar surface area (TPSA) is 83.6 Å². The second kappa shape index (κ2) is 7.97. The molecule has 2 heterocycles. The average Bonchev–Trinajstić information content (AvgIpc) is 3.40. The van der Waals surface area contributed by atoms with Gasteiger partial charge in [-0.3, -0.25) is 0 Å². The first kappa shape index (κ1) is 19.6. The molecular formula is C23H26N2O4. The quantitative estimate of drug-likeness (QED) is 0.789. The van der Waals surface area contributed by atoms with Gasteiger partial charge in [-0.15, -0.1) is 0 Å². The highest BCUT2D eigenvalue weighted by molar-refractivity contribution is 6.05. The van der Waals surface area contributed by atoms with E-state index in [0.717, 1.165) is 11.1 Å². The van der Waals surface area contributed by atoms with E-state index in [4.69, 9.17) is 9.47 Å². The Balaban J connectivity index is 1.58. The van der Waals surface area contributed by atoms with Crippen molar-refractivity contribution in [1.82, 2.24) is 0 Å².